The van der Waals surface area contributed by atoms with E-state index in [9.17, 15) is 0 Å². The van der Waals surface area contributed by atoms with Crippen LogP contribution in [0.15, 0.2) is 206 Å². The van der Waals surface area contributed by atoms with Crippen molar-refractivity contribution in [2.45, 2.75) is 37.5 Å². The Bertz CT molecular complexity index is 4280. The molecule has 1 spiro atoms. The van der Waals surface area contributed by atoms with Gasteiger partial charge >= 0.3 is 0 Å². The van der Waals surface area contributed by atoms with Crippen molar-refractivity contribution in [1.29, 1.82) is 0 Å². The summed E-state index contributed by atoms with van der Waals surface area (Å²) in [4.78, 5) is 2.59. The summed E-state index contributed by atoms with van der Waals surface area (Å²) < 4.78 is 5.24. The summed E-state index contributed by atoms with van der Waals surface area (Å²) >= 11 is 3.79. The van der Waals surface area contributed by atoms with E-state index in [2.05, 4.69) is 244 Å². The first-order chi connectivity index (χ1) is 34.3. The second-order valence-corrected chi connectivity index (χ2v) is 22.9. The minimum atomic E-state index is -0.341. The highest BCUT2D eigenvalue weighted by molar-refractivity contribution is 7.26. The molecule has 0 fully saturated rings. The zero-order chi connectivity index (χ0) is 46.5. The molecular weight excluding hydrogens is 883 g/mol. The number of nitrogens with zero attached hydrogens (tertiary/aromatic N) is 1. The molecule has 0 saturated carbocycles. The van der Waals surface area contributed by atoms with Gasteiger partial charge in [0.1, 0.15) is 0 Å². The van der Waals surface area contributed by atoms with Gasteiger partial charge in [-0.25, -0.2) is 0 Å². The van der Waals surface area contributed by atoms with E-state index in [-0.39, 0.29) is 22.7 Å². The lowest BCUT2D eigenvalue weighted by molar-refractivity contribution is 0.500. The first kappa shape index (κ1) is 40.3. The number of hydrogen-bond donors (Lipinski definition) is 0. The van der Waals surface area contributed by atoms with Crippen LogP contribution >= 0.6 is 22.7 Å². The summed E-state index contributed by atoms with van der Waals surface area (Å²) in [5.74, 6) is 0.356. The molecule has 332 valence electrons. The van der Waals surface area contributed by atoms with Crippen molar-refractivity contribution in [3.63, 3.8) is 0 Å². The van der Waals surface area contributed by atoms with E-state index in [1.165, 1.54) is 117 Å². The Kier molecular flexibility index (Phi) is 8.49. The molecule has 0 aliphatic heterocycles. The molecule has 70 heavy (non-hydrogen) atoms. The first-order valence-electron chi connectivity index (χ1n) is 24.6. The molecule has 3 aliphatic rings. The Morgan fingerprint density at radius 3 is 1.90 bits per heavy atom. The first-order valence-corrected chi connectivity index (χ1v) is 26.3. The lowest BCUT2D eigenvalue weighted by Gasteiger charge is -2.36. The van der Waals surface area contributed by atoms with Crippen molar-refractivity contribution in [1.82, 2.24) is 0 Å². The third-order valence-corrected chi connectivity index (χ3v) is 18.3. The van der Waals surface area contributed by atoms with E-state index in [0.717, 1.165) is 11.4 Å². The second-order valence-electron chi connectivity index (χ2n) is 20.7. The number of thiophene rings is 2. The van der Waals surface area contributed by atoms with E-state index in [1.807, 2.05) is 22.7 Å². The van der Waals surface area contributed by atoms with Gasteiger partial charge in [0.2, 0.25) is 0 Å². The van der Waals surface area contributed by atoms with Gasteiger partial charge in [0.15, 0.2) is 0 Å². The molecule has 15 rings (SSSR count). The lowest BCUT2D eigenvalue weighted by atomic mass is 9.65. The Hall–Kier alpha value is -7.56. The third-order valence-electron chi connectivity index (χ3n) is 16.1. The summed E-state index contributed by atoms with van der Waals surface area (Å²) in [6.45, 7) is 6.93. The van der Waals surface area contributed by atoms with Gasteiger partial charge in [-0.3, -0.25) is 0 Å². The zero-order valence-corrected chi connectivity index (χ0v) is 40.8. The van der Waals surface area contributed by atoms with E-state index in [1.54, 1.807) is 0 Å². The highest BCUT2D eigenvalue weighted by atomic mass is 32.1. The summed E-state index contributed by atoms with van der Waals surface area (Å²) in [6, 6.07) is 78.9. The maximum absolute atomic E-state index is 2.62. The van der Waals surface area contributed by atoms with Crippen LogP contribution in [0.5, 0.6) is 0 Å². The van der Waals surface area contributed by atoms with E-state index >= 15 is 0 Å². The van der Waals surface area contributed by atoms with Crippen LogP contribution in [-0.4, -0.2) is 0 Å². The third kappa shape index (κ3) is 5.59. The Morgan fingerprint density at radius 1 is 0.443 bits per heavy atom. The van der Waals surface area contributed by atoms with Crippen molar-refractivity contribution in [2.75, 3.05) is 4.90 Å². The molecule has 0 bridgehead atoms. The van der Waals surface area contributed by atoms with Crippen LogP contribution < -0.4 is 15.3 Å². The Balaban J connectivity index is 1.03. The predicted molar refractivity (Wildman–Crippen MR) is 301 cm³/mol. The smallest absolute Gasteiger partial charge is 0.0546 e. The van der Waals surface area contributed by atoms with Crippen molar-refractivity contribution < 1.29 is 0 Å². The van der Waals surface area contributed by atoms with Crippen molar-refractivity contribution >= 4 is 103 Å². The second kappa shape index (κ2) is 14.7. The van der Waals surface area contributed by atoms with Crippen LogP contribution in [0.2, 0.25) is 0 Å². The van der Waals surface area contributed by atoms with Gasteiger partial charge in [-0.15, -0.1) is 22.7 Å². The standard InChI is InChI=1S/C67H47NS2/c1-66(2,3)43-28-34-61-54(37-43)49-31-29-45(39-63(49)70-61)68(59-33-27-40-15-6-7-18-46(40)64(59)51-22-14-26-62-65(51)50-21-10-13-25-60(50)69-62)44-30-32-57-53(38-44)52-35-41-16-4-5-17-42(41)36-58(52)67(57)55-23-11-8-19-47(55)48-20-9-12-24-56(48)67/h4-39,52,58H,1-3H3. The number of hydrogen-bond acceptors (Lipinski definition) is 3. The minimum absolute atomic E-state index is 0.0612. The van der Waals surface area contributed by atoms with Gasteiger partial charge < -0.3 is 4.90 Å². The van der Waals surface area contributed by atoms with Crippen LogP contribution in [0.25, 0.3) is 85.5 Å². The summed E-state index contributed by atoms with van der Waals surface area (Å²) in [5, 5.41) is 10.4. The highest BCUT2D eigenvalue weighted by Gasteiger charge is 2.57. The number of rotatable bonds is 4. The fourth-order valence-electron chi connectivity index (χ4n) is 13.0. The largest absolute Gasteiger partial charge is 0.310 e. The SMILES string of the molecule is CC(C)(C)c1ccc2sc3cc(N(c4ccc5c(c4)C4C=c6ccccc6=CC4C54c5ccccc5-c5ccccc54)c4ccc5ccccc5c4-c4cccc5sc6ccccc6c45)ccc3c2c1. The number of benzene rings is 10. The summed E-state index contributed by atoms with van der Waals surface area (Å²) in [6.07, 6.45) is 5.20. The molecule has 0 N–H and O–H groups in total. The topological polar surface area (TPSA) is 3.24 Å². The molecule has 12 aromatic rings. The molecule has 1 nitrogen and oxygen atoms in total. The van der Waals surface area contributed by atoms with Crippen LogP contribution in [0.4, 0.5) is 17.1 Å². The quantitative estimate of drug-likeness (QED) is 0.170. The molecule has 0 saturated heterocycles. The molecule has 2 heterocycles. The maximum Gasteiger partial charge on any atom is 0.0546 e. The Morgan fingerprint density at radius 2 is 1.09 bits per heavy atom. The Labute approximate surface area is 415 Å². The van der Waals surface area contributed by atoms with E-state index in [4.69, 9.17) is 0 Å². The van der Waals surface area contributed by atoms with Crippen molar-refractivity contribution in [2.24, 2.45) is 5.92 Å². The van der Waals surface area contributed by atoms with Crippen molar-refractivity contribution in [3.05, 3.63) is 245 Å². The fourth-order valence-corrected chi connectivity index (χ4v) is 15.3. The van der Waals surface area contributed by atoms with Gasteiger partial charge in [0, 0.05) is 69.1 Å². The van der Waals surface area contributed by atoms with E-state index in [0.29, 0.717) is 0 Å². The predicted octanol–water partition coefficient (Wildman–Crippen LogP) is 17.3. The van der Waals surface area contributed by atoms with Gasteiger partial charge in [-0.05, 0) is 126 Å². The fraction of sp³-hybridized carbons (Fsp3) is 0.104. The maximum atomic E-state index is 2.62. The molecule has 0 amide bonds. The van der Waals surface area contributed by atoms with Crippen LogP contribution in [-0.2, 0) is 10.8 Å². The van der Waals surface area contributed by atoms with E-state index < -0.39 is 0 Å². The van der Waals surface area contributed by atoms with Crippen LogP contribution in [0.1, 0.15) is 54.5 Å². The van der Waals surface area contributed by atoms with Gasteiger partial charge in [0.05, 0.1) is 11.1 Å². The van der Waals surface area contributed by atoms with Crippen LogP contribution in [0.3, 0.4) is 0 Å². The van der Waals surface area contributed by atoms with Crippen molar-refractivity contribution in [3.8, 4) is 22.3 Å². The van der Waals surface area contributed by atoms with Crippen LogP contribution in [0, 0.1) is 5.92 Å². The number of fused-ring (bicyclic) bond motifs is 18. The summed E-state index contributed by atoms with van der Waals surface area (Å²) in [5.41, 5.74) is 15.4. The summed E-state index contributed by atoms with van der Waals surface area (Å²) in [7, 11) is 0. The molecular formula is C67H47NS2. The molecule has 3 heteroatoms. The normalized spacial score (nSPS) is 16.3. The highest BCUT2D eigenvalue weighted by Crippen LogP contribution is 2.66. The minimum Gasteiger partial charge on any atom is -0.310 e. The molecule has 2 aromatic heterocycles. The van der Waals surface area contributed by atoms with Gasteiger partial charge in [-0.1, -0.05) is 185 Å². The average Bonchev–Trinajstić information content (AvgIpc) is 4.12. The monoisotopic (exact) mass is 929 g/mol. The molecule has 3 aliphatic carbocycles. The zero-order valence-electron chi connectivity index (χ0n) is 39.2. The lowest BCUT2D eigenvalue weighted by Crippen LogP contribution is -2.38. The molecule has 0 radical (unpaired) electrons. The average molecular weight is 930 g/mol. The molecule has 2 unspecified atom stereocenters. The molecule has 10 aromatic carbocycles. The molecule has 2 atom stereocenters. The van der Waals surface area contributed by atoms with Gasteiger partial charge in [0.25, 0.3) is 0 Å². The number of anilines is 3. The van der Waals surface area contributed by atoms with Gasteiger partial charge in [-0.2, -0.15) is 0 Å².